The van der Waals surface area contributed by atoms with Crippen LogP contribution in [0.3, 0.4) is 0 Å². The summed E-state index contributed by atoms with van der Waals surface area (Å²) in [6.45, 7) is 3.16. The summed E-state index contributed by atoms with van der Waals surface area (Å²) in [6, 6.07) is 0. The number of nitrogens with zero attached hydrogens (tertiary/aromatic N) is 2. The van der Waals surface area contributed by atoms with Gasteiger partial charge < -0.3 is 14.4 Å². The molecule has 0 rings (SSSR count). The minimum atomic E-state index is -1.47. The molecule has 0 bridgehead atoms. The summed E-state index contributed by atoms with van der Waals surface area (Å²) in [5.74, 6) is 1.91. The van der Waals surface area contributed by atoms with Gasteiger partial charge in [0.25, 0.3) is 5.88 Å². The Bertz CT molecular complexity index is 369. The van der Waals surface area contributed by atoms with Crippen LogP contribution < -0.4 is 0 Å². The van der Waals surface area contributed by atoms with Crippen molar-refractivity contribution in [3.8, 4) is 12.3 Å². The van der Waals surface area contributed by atoms with Crippen LogP contribution in [-0.4, -0.2) is 44.7 Å². The lowest BCUT2D eigenvalue weighted by molar-refractivity contribution is 0.0612. The summed E-state index contributed by atoms with van der Waals surface area (Å²) in [6.07, 6.45) is 5.24. The average Bonchev–Trinajstić information content (AvgIpc) is 2.33. The second-order valence-electron chi connectivity index (χ2n) is 3.76. The van der Waals surface area contributed by atoms with E-state index in [1.807, 2.05) is 0 Å². The van der Waals surface area contributed by atoms with Crippen molar-refractivity contribution in [1.82, 2.24) is 4.90 Å². The molecule has 5 heteroatoms. The number of amidine groups is 1. The molecule has 1 unspecified atom stereocenters. The van der Waals surface area contributed by atoms with E-state index in [1.54, 1.807) is 25.9 Å². The molecule has 4 nitrogen and oxygen atoms in total. The number of ether oxygens (including phenoxy) is 2. The lowest BCUT2D eigenvalue weighted by atomic mass is 10.1. The molecule has 0 heterocycles. The molecule has 0 saturated carbocycles. The van der Waals surface area contributed by atoms with Gasteiger partial charge >= 0.3 is 0 Å². The predicted octanol–water partition coefficient (Wildman–Crippen LogP) is 1.79. The van der Waals surface area contributed by atoms with Crippen molar-refractivity contribution in [3.05, 3.63) is 11.7 Å². The summed E-state index contributed by atoms with van der Waals surface area (Å²) in [5.41, 5.74) is -1.47. The van der Waals surface area contributed by atoms with Crippen molar-refractivity contribution in [1.29, 1.82) is 0 Å². The predicted molar refractivity (Wildman–Crippen MR) is 66.2 cm³/mol. The van der Waals surface area contributed by atoms with Gasteiger partial charge in [-0.15, -0.1) is 6.42 Å². The Morgan fingerprint density at radius 3 is 2.24 bits per heavy atom. The highest BCUT2D eigenvalue weighted by Gasteiger charge is 2.31. The van der Waals surface area contributed by atoms with Crippen LogP contribution in [0.15, 0.2) is 16.7 Å². The van der Waals surface area contributed by atoms with E-state index in [9.17, 15) is 4.39 Å². The van der Waals surface area contributed by atoms with Crippen molar-refractivity contribution >= 4 is 5.84 Å². The highest BCUT2D eigenvalue weighted by atomic mass is 19.1. The molecule has 0 N–H and O–H groups in total. The topological polar surface area (TPSA) is 34.1 Å². The molecule has 0 spiro atoms. The summed E-state index contributed by atoms with van der Waals surface area (Å²) in [4.78, 5) is 5.73. The van der Waals surface area contributed by atoms with Crippen molar-refractivity contribution in [3.63, 3.8) is 0 Å². The zero-order valence-electron chi connectivity index (χ0n) is 11.2. The zero-order chi connectivity index (χ0) is 13.6. The van der Waals surface area contributed by atoms with E-state index in [-0.39, 0.29) is 5.88 Å². The maximum atomic E-state index is 14.1. The number of halogens is 1. The van der Waals surface area contributed by atoms with Crippen LogP contribution in [0.25, 0.3) is 0 Å². The minimum Gasteiger partial charge on any atom is -0.479 e. The molecule has 0 amide bonds. The van der Waals surface area contributed by atoms with Crippen molar-refractivity contribution in [2.45, 2.75) is 19.4 Å². The van der Waals surface area contributed by atoms with E-state index in [0.717, 1.165) is 0 Å². The monoisotopic (exact) mass is 242 g/mol. The second kappa shape index (κ2) is 6.26. The maximum absolute atomic E-state index is 14.1. The largest absolute Gasteiger partial charge is 0.479 e. The smallest absolute Gasteiger partial charge is 0.251 e. The number of hydrogen-bond acceptors (Lipinski definition) is 3. The van der Waals surface area contributed by atoms with Gasteiger partial charge in [-0.3, -0.25) is 0 Å². The Morgan fingerprint density at radius 1 is 1.41 bits per heavy atom. The summed E-state index contributed by atoms with van der Waals surface area (Å²) in [7, 11) is 6.24. The van der Waals surface area contributed by atoms with Gasteiger partial charge in [0, 0.05) is 21.2 Å². The Morgan fingerprint density at radius 2 is 1.94 bits per heavy atom. The number of rotatable bonds is 4. The third-order valence-corrected chi connectivity index (χ3v) is 2.39. The summed E-state index contributed by atoms with van der Waals surface area (Å²) < 4.78 is 23.9. The molecule has 0 aromatic heterocycles. The summed E-state index contributed by atoms with van der Waals surface area (Å²) in [5, 5.41) is 0. The molecule has 0 aliphatic rings. The van der Waals surface area contributed by atoms with Crippen LogP contribution in [0, 0.1) is 12.3 Å². The number of hydrogen-bond donors (Lipinski definition) is 0. The number of terminal acetylenes is 1. The van der Waals surface area contributed by atoms with Gasteiger partial charge in [-0.05, 0) is 13.8 Å². The fourth-order valence-electron chi connectivity index (χ4n) is 0.847. The molecule has 0 aromatic rings. The van der Waals surface area contributed by atoms with Crippen molar-refractivity contribution in [2.24, 2.45) is 4.99 Å². The van der Waals surface area contributed by atoms with Gasteiger partial charge in [-0.1, -0.05) is 5.92 Å². The molecule has 0 aromatic carbocycles. The van der Waals surface area contributed by atoms with Crippen LogP contribution in [0.4, 0.5) is 4.39 Å². The van der Waals surface area contributed by atoms with Gasteiger partial charge in [0.1, 0.15) is 5.84 Å². The lowest BCUT2D eigenvalue weighted by Crippen LogP contribution is -2.27. The standard InChI is InChI=1S/C12H19FN2O2/c1-8-12(3,17-7)10(13)11(16-6)14-9(2)15(4)5/h1H,2-7H3/b11-10-,14-9+. The first-order valence-electron chi connectivity index (χ1n) is 5.02. The van der Waals surface area contributed by atoms with E-state index >= 15 is 0 Å². The van der Waals surface area contributed by atoms with E-state index in [2.05, 4.69) is 10.9 Å². The Labute approximate surface area is 102 Å². The molecule has 1 atom stereocenters. The maximum Gasteiger partial charge on any atom is 0.251 e. The second-order valence-corrected chi connectivity index (χ2v) is 3.76. The van der Waals surface area contributed by atoms with Gasteiger partial charge in [-0.2, -0.15) is 4.99 Å². The molecule has 0 radical (unpaired) electrons. The molecule has 96 valence electrons. The minimum absolute atomic E-state index is 0.182. The number of aliphatic imine (C=N–C) groups is 1. The third kappa shape index (κ3) is 3.75. The molecule has 0 fully saturated rings. The average molecular weight is 242 g/mol. The Kier molecular flexibility index (Phi) is 5.69. The van der Waals surface area contributed by atoms with Crippen LogP contribution in [0.5, 0.6) is 0 Å². The number of methoxy groups -OCH3 is 2. The highest BCUT2D eigenvalue weighted by Crippen LogP contribution is 2.25. The van der Waals surface area contributed by atoms with Crippen LogP contribution in [0.1, 0.15) is 13.8 Å². The molecular formula is C12H19FN2O2. The Hall–Kier alpha value is -1.54. The zero-order valence-corrected chi connectivity index (χ0v) is 11.2. The van der Waals surface area contributed by atoms with Gasteiger partial charge in [0.15, 0.2) is 5.60 Å². The highest BCUT2D eigenvalue weighted by molar-refractivity contribution is 5.80. The first-order chi connectivity index (χ1) is 7.82. The van der Waals surface area contributed by atoms with Crippen molar-refractivity contribution < 1.29 is 13.9 Å². The fourth-order valence-corrected chi connectivity index (χ4v) is 0.847. The van der Waals surface area contributed by atoms with Gasteiger partial charge in [0.2, 0.25) is 5.83 Å². The van der Waals surface area contributed by atoms with E-state index in [4.69, 9.17) is 15.9 Å². The lowest BCUT2D eigenvalue weighted by Gasteiger charge is -2.21. The van der Waals surface area contributed by atoms with E-state index in [1.165, 1.54) is 21.1 Å². The Balaban J connectivity index is 5.51. The van der Waals surface area contributed by atoms with Crippen LogP contribution in [0.2, 0.25) is 0 Å². The van der Waals surface area contributed by atoms with Crippen LogP contribution in [-0.2, 0) is 9.47 Å². The molecule has 0 aliphatic carbocycles. The molecule has 17 heavy (non-hydrogen) atoms. The first kappa shape index (κ1) is 15.5. The van der Waals surface area contributed by atoms with E-state index < -0.39 is 11.4 Å². The van der Waals surface area contributed by atoms with Crippen molar-refractivity contribution in [2.75, 3.05) is 28.3 Å². The van der Waals surface area contributed by atoms with Gasteiger partial charge in [-0.25, -0.2) is 4.39 Å². The molecule has 0 saturated heterocycles. The first-order valence-corrected chi connectivity index (χ1v) is 5.02. The van der Waals surface area contributed by atoms with E-state index in [0.29, 0.717) is 5.84 Å². The molecule has 0 aliphatic heterocycles. The van der Waals surface area contributed by atoms with Crippen LogP contribution >= 0.6 is 0 Å². The third-order valence-electron chi connectivity index (χ3n) is 2.39. The summed E-state index contributed by atoms with van der Waals surface area (Å²) >= 11 is 0. The quantitative estimate of drug-likeness (QED) is 0.326. The van der Waals surface area contributed by atoms with Gasteiger partial charge in [0.05, 0.1) is 7.11 Å². The normalized spacial score (nSPS) is 16.7. The molecular weight excluding hydrogens is 223 g/mol. The fraction of sp³-hybridized carbons (Fsp3) is 0.583. The SMILES string of the molecule is C#CC(C)(OC)/C(F)=C(\N=C(/C)N(C)C)OC.